The van der Waals surface area contributed by atoms with Gasteiger partial charge in [0.25, 0.3) is 11.6 Å². The van der Waals surface area contributed by atoms with Gasteiger partial charge in [-0.05, 0) is 22.9 Å². The van der Waals surface area contributed by atoms with E-state index < -0.39 is 28.9 Å². The summed E-state index contributed by atoms with van der Waals surface area (Å²) in [6.45, 7) is 1.84. The van der Waals surface area contributed by atoms with Crippen LogP contribution in [0.15, 0.2) is 21.9 Å². The first-order valence-corrected chi connectivity index (χ1v) is 13.3. The Labute approximate surface area is 204 Å². The number of carbonyl (C=O) groups is 3. The Hall–Kier alpha value is -2.21. The minimum absolute atomic E-state index is 0.0421. The van der Waals surface area contributed by atoms with Crippen LogP contribution in [-0.2, 0) is 25.0 Å². The average Bonchev–Trinajstić information content (AvgIpc) is 3.46. The predicted molar refractivity (Wildman–Crippen MR) is 121 cm³/mol. The Bertz CT molecular complexity index is 1090. The standard InChI is InChI=1S/C16H18N8O5S4/c1-8-19-20-15(33-8)32-4-9-3-31-14-16(29-2,13(28)24(14)11(9)12(26)27)18-10(25)5-30-7-23-6-17-21-22-23/h6,14H,3-5,7H2,1-2H3,(H,18,25)(H,26,27)/t14?,16-/m0/s1. The number of aryl methyl sites for hydroxylation is 1. The molecule has 33 heavy (non-hydrogen) atoms. The molecule has 176 valence electrons. The van der Waals surface area contributed by atoms with Crippen molar-refractivity contribution >= 4 is 64.4 Å². The molecule has 2 aromatic heterocycles. The lowest BCUT2D eigenvalue weighted by atomic mass is 9.98. The number of carboxylic acid groups (broad SMARTS) is 1. The van der Waals surface area contributed by atoms with Crippen LogP contribution in [0.4, 0.5) is 0 Å². The van der Waals surface area contributed by atoms with Crippen LogP contribution >= 0.6 is 46.6 Å². The van der Waals surface area contributed by atoms with Crippen molar-refractivity contribution in [1.29, 1.82) is 0 Å². The van der Waals surface area contributed by atoms with Crippen molar-refractivity contribution in [2.75, 3.05) is 24.4 Å². The zero-order valence-electron chi connectivity index (χ0n) is 17.3. The highest BCUT2D eigenvalue weighted by molar-refractivity contribution is 8.02. The SMILES string of the molecule is CO[C@@]1(NC(=O)CSCn2cnnn2)C(=O)N2C(C(=O)O)=C(CSc3nnc(C)s3)CSC21. The summed E-state index contributed by atoms with van der Waals surface area (Å²) in [7, 11) is 1.32. The van der Waals surface area contributed by atoms with Gasteiger partial charge in [0.05, 0.1) is 11.6 Å². The molecule has 0 spiro atoms. The van der Waals surface area contributed by atoms with E-state index in [1.807, 2.05) is 6.92 Å². The lowest BCUT2D eigenvalue weighted by molar-refractivity contribution is -0.192. The molecule has 2 amide bonds. The molecule has 2 aliphatic heterocycles. The van der Waals surface area contributed by atoms with E-state index in [0.717, 1.165) is 9.35 Å². The summed E-state index contributed by atoms with van der Waals surface area (Å²) >= 11 is 5.39. The van der Waals surface area contributed by atoms with Gasteiger partial charge >= 0.3 is 5.97 Å². The Morgan fingerprint density at radius 3 is 2.88 bits per heavy atom. The van der Waals surface area contributed by atoms with Crippen molar-refractivity contribution < 1.29 is 24.2 Å². The van der Waals surface area contributed by atoms with Gasteiger partial charge in [0.1, 0.15) is 22.4 Å². The summed E-state index contributed by atoms with van der Waals surface area (Å²) in [4.78, 5) is 38.8. The molecule has 0 bridgehead atoms. The fourth-order valence-corrected chi connectivity index (χ4v) is 7.30. The molecule has 0 aliphatic carbocycles. The number of hydrogen-bond acceptors (Lipinski definition) is 13. The van der Waals surface area contributed by atoms with E-state index >= 15 is 0 Å². The third-order valence-electron chi connectivity index (χ3n) is 4.69. The van der Waals surface area contributed by atoms with Gasteiger partial charge in [-0.15, -0.1) is 38.8 Å². The highest BCUT2D eigenvalue weighted by atomic mass is 32.2. The number of fused-ring (bicyclic) bond motifs is 1. The van der Waals surface area contributed by atoms with E-state index in [0.29, 0.717) is 23.0 Å². The van der Waals surface area contributed by atoms with Crippen molar-refractivity contribution in [3.63, 3.8) is 0 Å². The smallest absolute Gasteiger partial charge is 0.352 e. The predicted octanol–water partition coefficient (Wildman–Crippen LogP) is 0.0287. The molecular weight excluding hydrogens is 512 g/mol. The van der Waals surface area contributed by atoms with Gasteiger partial charge in [0.2, 0.25) is 5.91 Å². The van der Waals surface area contributed by atoms with Crippen LogP contribution < -0.4 is 5.32 Å². The molecular formula is C16H18N8O5S4. The van der Waals surface area contributed by atoms with E-state index in [-0.39, 0.29) is 11.4 Å². The van der Waals surface area contributed by atoms with Crippen molar-refractivity contribution in [2.45, 2.75) is 28.2 Å². The zero-order chi connectivity index (χ0) is 23.6. The van der Waals surface area contributed by atoms with Crippen LogP contribution in [0, 0.1) is 6.92 Å². The first-order valence-electron chi connectivity index (χ1n) is 9.34. The summed E-state index contributed by atoms with van der Waals surface area (Å²) in [5.74, 6) is -1.11. The molecule has 1 saturated heterocycles. The molecule has 0 saturated carbocycles. The highest BCUT2D eigenvalue weighted by Crippen LogP contribution is 2.47. The van der Waals surface area contributed by atoms with E-state index in [1.54, 1.807) is 0 Å². The zero-order valence-corrected chi connectivity index (χ0v) is 20.6. The van der Waals surface area contributed by atoms with Crippen LogP contribution in [-0.4, -0.2) is 93.7 Å². The number of tetrazole rings is 1. The van der Waals surface area contributed by atoms with Crippen LogP contribution in [0.25, 0.3) is 0 Å². The normalized spacial score (nSPS) is 22.2. The molecule has 1 fully saturated rings. The maximum Gasteiger partial charge on any atom is 0.352 e. The first-order chi connectivity index (χ1) is 15.9. The summed E-state index contributed by atoms with van der Waals surface area (Å²) < 4.78 is 7.63. The Morgan fingerprint density at radius 1 is 1.42 bits per heavy atom. The van der Waals surface area contributed by atoms with E-state index in [9.17, 15) is 19.5 Å². The quantitative estimate of drug-likeness (QED) is 0.240. The van der Waals surface area contributed by atoms with Gasteiger partial charge in [-0.2, -0.15) is 0 Å². The number of carboxylic acids is 1. The van der Waals surface area contributed by atoms with Gasteiger partial charge < -0.3 is 15.2 Å². The van der Waals surface area contributed by atoms with Gasteiger partial charge in [-0.1, -0.05) is 23.1 Å². The number of rotatable bonds is 10. The summed E-state index contributed by atoms with van der Waals surface area (Å²) in [5, 5.41) is 31.3. The number of aliphatic carboxylic acids is 1. The number of β-lactam (4-membered cyclic amide) rings is 1. The molecule has 2 aromatic rings. The van der Waals surface area contributed by atoms with Gasteiger partial charge in [0.15, 0.2) is 4.34 Å². The van der Waals surface area contributed by atoms with Crippen LogP contribution in [0.5, 0.6) is 0 Å². The fraction of sp³-hybridized carbons (Fsp3) is 0.500. The largest absolute Gasteiger partial charge is 0.477 e. The molecule has 0 aromatic carbocycles. The highest BCUT2D eigenvalue weighted by Gasteiger charge is 2.66. The van der Waals surface area contributed by atoms with Crippen molar-refractivity contribution in [2.24, 2.45) is 0 Å². The Balaban J connectivity index is 1.43. The Kier molecular flexibility index (Phi) is 7.22. The number of nitrogens with zero attached hydrogens (tertiary/aromatic N) is 7. The van der Waals surface area contributed by atoms with Crippen molar-refractivity contribution in [3.05, 3.63) is 22.6 Å². The molecule has 0 radical (unpaired) electrons. The van der Waals surface area contributed by atoms with Crippen molar-refractivity contribution in [3.8, 4) is 0 Å². The van der Waals surface area contributed by atoms with Gasteiger partial charge in [-0.25, -0.2) is 9.48 Å². The third kappa shape index (κ3) is 4.72. The average molecular weight is 531 g/mol. The van der Waals surface area contributed by atoms with Crippen LogP contribution in [0.1, 0.15) is 5.01 Å². The Morgan fingerprint density at radius 2 is 2.24 bits per heavy atom. The van der Waals surface area contributed by atoms with E-state index in [4.69, 9.17) is 4.74 Å². The number of ether oxygens (including phenoxy) is 1. The first kappa shape index (κ1) is 23.9. The van der Waals surface area contributed by atoms with Gasteiger partial charge in [-0.3, -0.25) is 14.5 Å². The van der Waals surface area contributed by atoms with Gasteiger partial charge in [0, 0.05) is 18.6 Å². The summed E-state index contributed by atoms with van der Waals surface area (Å²) in [6, 6.07) is 0. The summed E-state index contributed by atoms with van der Waals surface area (Å²) in [6.07, 6.45) is 1.43. The number of thioether (sulfide) groups is 3. The number of hydrogen-bond donors (Lipinski definition) is 2. The lowest BCUT2D eigenvalue weighted by Gasteiger charge is -2.55. The maximum atomic E-state index is 13.1. The van der Waals surface area contributed by atoms with Crippen LogP contribution in [0.2, 0.25) is 0 Å². The molecule has 17 heteroatoms. The number of amides is 2. The number of methoxy groups -OCH3 is 1. The van der Waals surface area contributed by atoms with E-state index in [2.05, 4.69) is 31.0 Å². The fourth-order valence-electron chi connectivity index (χ4n) is 3.25. The molecule has 4 rings (SSSR count). The third-order valence-corrected chi connectivity index (χ3v) is 9.03. The second-order valence-corrected chi connectivity index (χ2v) is 11.2. The molecule has 2 aliphatic rings. The number of nitrogens with one attached hydrogen (secondary N) is 1. The molecule has 13 nitrogen and oxygen atoms in total. The van der Waals surface area contributed by atoms with Crippen LogP contribution in [0.3, 0.4) is 0 Å². The van der Waals surface area contributed by atoms with Crippen molar-refractivity contribution in [1.82, 2.24) is 40.6 Å². The minimum atomic E-state index is -1.62. The monoisotopic (exact) mass is 530 g/mol. The number of carbonyl (C=O) groups excluding carboxylic acids is 2. The minimum Gasteiger partial charge on any atom is -0.477 e. The molecule has 1 unspecified atom stereocenters. The lowest BCUT2D eigenvalue weighted by Crippen LogP contribution is -2.80. The molecule has 2 atom stereocenters. The van der Waals surface area contributed by atoms with E-state index in [1.165, 1.54) is 69.6 Å². The second-order valence-electron chi connectivity index (χ2n) is 6.79. The number of aromatic nitrogens is 6. The molecule has 4 heterocycles. The summed E-state index contributed by atoms with van der Waals surface area (Å²) in [5.41, 5.74) is -1.09. The molecule has 2 N–H and O–H groups in total. The topological polar surface area (TPSA) is 165 Å². The second kappa shape index (κ2) is 9.96. The maximum absolute atomic E-state index is 13.1.